The van der Waals surface area contributed by atoms with Gasteiger partial charge >= 0.3 is 0 Å². The van der Waals surface area contributed by atoms with Crippen molar-refractivity contribution in [2.24, 2.45) is 11.7 Å². The van der Waals surface area contributed by atoms with E-state index >= 15 is 0 Å². The summed E-state index contributed by atoms with van der Waals surface area (Å²) in [5.41, 5.74) is 5.45. The first-order valence-corrected chi connectivity index (χ1v) is 4.73. The third-order valence-corrected chi connectivity index (χ3v) is 2.24. The highest BCUT2D eigenvalue weighted by Crippen LogP contribution is 2.29. The second-order valence-corrected chi connectivity index (χ2v) is 3.56. The van der Waals surface area contributed by atoms with Crippen LogP contribution in [0.25, 0.3) is 0 Å². The lowest BCUT2D eigenvalue weighted by atomic mass is 10.2. The fourth-order valence-electron chi connectivity index (χ4n) is 1.23. The molecule has 5 heteroatoms. The van der Waals surface area contributed by atoms with Gasteiger partial charge in [0.1, 0.15) is 5.82 Å². The predicted octanol–water partition coefficient (Wildman–Crippen LogP) is 0.529. The van der Waals surface area contributed by atoms with Crippen molar-refractivity contribution in [1.82, 2.24) is 4.98 Å². The van der Waals surface area contributed by atoms with E-state index in [1.54, 1.807) is 0 Å². The van der Waals surface area contributed by atoms with Crippen LogP contribution in [-0.4, -0.2) is 16.8 Å². The number of hydrogen-bond donors (Lipinski definition) is 2. The quantitative estimate of drug-likeness (QED) is 0.754. The summed E-state index contributed by atoms with van der Waals surface area (Å²) in [6, 6.07) is 2.98. The Hall–Kier alpha value is -1.91. The molecule has 0 bridgehead atoms. The minimum absolute atomic E-state index is 0.0379. The standard InChI is InChI=1S/C10H11N3O2/c11-9(14)7-3-4-12-8(5-7)13-10(15)6-1-2-6/h3-6H,1-2H2,(H2,11,14)(H,12,13,15). The molecule has 0 atom stereocenters. The summed E-state index contributed by atoms with van der Waals surface area (Å²) in [5, 5.41) is 2.64. The maximum absolute atomic E-state index is 11.4. The molecule has 2 rings (SSSR count). The van der Waals surface area contributed by atoms with Crippen LogP contribution in [0.4, 0.5) is 5.82 Å². The zero-order valence-electron chi connectivity index (χ0n) is 8.06. The summed E-state index contributed by atoms with van der Waals surface area (Å²) in [4.78, 5) is 26.2. The minimum atomic E-state index is -0.528. The molecule has 3 N–H and O–H groups in total. The Kier molecular flexibility index (Phi) is 2.37. The number of nitrogens with two attached hydrogens (primary N) is 1. The molecule has 1 heterocycles. The molecule has 1 aliphatic carbocycles. The Labute approximate surface area is 86.7 Å². The van der Waals surface area contributed by atoms with Gasteiger partial charge < -0.3 is 11.1 Å². The molecule has 1 aliphatic rings. The van der Waals surface area contributed by atoms with Gasteiger partial charge in [-0.2, -0.15) is 0 Å². The Morgan fingerprint density at radius 1 is 1.47 bits per heavy atom. The summed E-state index contributed by atoms with van der Waals surface area (Å²) in [7, 11) is 0. The number of pyridine rings is 1. The Morgan fingerprint density at radius 3 is 2.80 bits per heavy atom. The van der Waals surface area contributed by atoms with Gasteiger partial charge in [0.2, 0.25) is 11.8 Å². The van der Waals surface area contributed by atoms with E-state index in [1.807, 2.05) is 0 Å². The number of aromatic nitrogens is 1. The molecule has 0 radical (unpaired) electrons. The zero-order valence-corrected chi connectivity index (χ0v) is 8.06. The van der Waals surface area contributed by atoms with Gasteiger partial charge in [-0.05, 0) is 25.0 Å². The summed E-state index contributed by atoms with van der Waals surface area (Å²) < 4.78 is 0. The summed E-state index contributed by atoms with van der Waals surface area (Å²) >= 11 is 0. The van der Waals surface area contributed by atoms with Crippen LogP contribution < -0.4 is 11.1 Å². The van der Waals surface area contributed by atoms with E-state index in [2.05, 4.69) is 10.3 Å². The first kappa shape index (κ1) is 9.64. The first-order valence-electron chi connectivity index (χ1n) is 4.73. The molecule has 1 fully saturated rings. The minimum Gasteiger partial charge on any atom is -0.366 e. The number of carbonyl (C=O) groups is 2. The molecular weight excluding hydrogens is 194 g/mol. The maximum atomic E-state index is 11.4. The van der Waals surface area contributed by atoms with E-state index < -0.39 is 5.91 Å². The monoisotopic (exact) mass is 205 g/mol. The van der Waals surface area contributed by atoms with E-state index in [0.29, 0.717) is 11.4 Å². The summed E-state index contributed by atoms with van der Waals surface area (Å²) in [5.74, 6) is -0.0734. The van der Waals surface area contributed by atoms with Gasteiger partial charge in [0.15, 0.2) is 0 Å². The highest BCUT2D eigenvalue weighted by molar-refractivity contribution is 5.96. The number of anilines is 1. The SMILES string of the molecule is NC(=O)c1ccnc(NC(=O)C2CC2)c1. The Bertz CT molecular complexity index is 413. The number of rotatable bonds is 3. The molecular formula is C10H11N3O2. The predicted molar refractivity (Wildman–Crippen MR) is 54.1 cm³/mol. The van der Waals surface area contributed by atoms with Crippen molar-refractivity contribution in [1.29, 1.82) is 0 Å². The molecule has 1 saturated carbocycles. The lowest BCUT2D eigenvalue weighted by Crippen LogP contribution is -2.16. The lowest BCUT2D eigenvalue weighted by Gasteiger charge is -2.03. The molecule has 0 aliphatic heterocycles. The van der Waals surface area contributed by atoms with Crippen molar-refractivity contribution in [3.8, 4) is 0 Å². The second kappa shape index (κ2) is 3.68. The van der Waals surface area contributed by atoms with Crippen molar-refractivity contribution in [3.63, 3.8) is 0 Å². The fraction of sp³-hybridized carbons (Fsp3) is 0.300. The Morgan fingerprint density at radius 2 is 2.20 bits per heavy atom. The zero-order chi connectivity index (χ0) is 10.8. The number of nitrogens with one attached hydrogen (secondary N) is 1. The Balaban J connectivity index is 2.10. The van der Waals surface area contributed by atoms with Gasteiger partial charge in [-0.3, -0.25) is 9.59 Å². The highest BCUT2D eigenvalue weighted by Gasteiger charge is 2.29. The van der Waals surface area contributed by atoms with Crippen LogP contribution in [0.3, 0.4) is 0 Å². The normalized spacial score (nSPS) is 14.7. The van der Waals surface area contributed by atoms with Crippen LogP contribution in [0.15, 0.2) is 18.3 Å². The second-order valence-electron chi connectivity index (χ2n) is 3.56. The number of amides is 2. The average Bonchev–Trinajstić information content (AvgIpc) is 3.01. The molecule has 1 aromatic rings. The van der Waals surface area contributed by atoms with Crippen LogP contribution in [0.1, 0.15) is 23.2 Å². The maximum Gasteiger partial charge on any atom is 0.248 e. The van der Waals surface area contributed by atoms with E-state index in [0.717, 1.165) is 12.8 Å². The molecule has 0 spiro atoms. The van der Waals surface area contributed by atoms with Gasteiger partial charge in [0, 0.05) is 17.7 Å². The van der Waals surface area contributed by atoms with Crippen LogP contribution in [0.2, 0.25) is 0 Å². The fourth-order valence-corrected chi connectivity index (χ4v) is 1.23. The molecule has 0 saturated heterocycles. The van der Waals surface area contributed by atoms with Gasteiger partial charge in [-0.1, -0.05) is 0 Å². The molecule has 1 aromatic heterocycles. The van der Waals surface area contributed by atoms with Crippen molar-refractivity contribution < 1.29 is 9.59 Å². The number of primary amides is 1. The topological polar surface area (TPSA) is 85.1 Å². The van der Waals surface area contributed by atoms with Gasteiger partial charge in [0.25, 0.3) is 0 Å². The summed E-state index contributed by atoms with van der Waals surface area (Å²) in [6.45, 7) is 0. The third-order valence-electron chi connectivity index (χ3n) is 2.24. The van der Waals surface area contributed by atoms with Crippen LogP contribution in [0.5, 0.6) is 0 Å². The number of hydrogen-bond acceptors (Lipinski definition) is 3. The molecule has 0 unspecified atom stereocenters. The molecule has 0 aromatic carbocycles. The van der Waals surface area contributed by atoms with Crippen LogP contribution in [-0.2, 0) is 4.79 Å². The number of nitrogens with zero attached hydrogens (tertiary/aromatic N) is 1. The van der Waals surface area contributed by atoms with Crippen molar-refractivity contribution >= 4 is 17.6 Å². The molecule has 15 heavy (non-hydrogen) atoms. The van der Waals surface area contributed by atoms with Crippen molar-refractivity contribution in [2.45, 2.75) is 12.8 Å². The van der Waals surface area contributed by atoms with E-state index in [9.17, 15) is 9.59 Å². The van der Waals surface area contributed by atoms with E-state index in [-0.39, 0.29) is 11.8 Å². The first-order chi connectivity index (χ1) is 7.16. The van der Waals surface area contributed by atoms with Crippen molar-refractivity contribution in [2.75, 3.05) is 5.32 Å². The van der Waals surface area contributed by atoms with Gasteiger partial charge in [-0.15, -0.1) is 0 Å². The van der Waals surface area contributed by atoms with E-state index in [4.69, 9.17) is 5.73 Å². The molecule has 2 amide bonds. The molecule has 78 valence electrons. The van der Waals surface area contributed by atoms with Gasteiger partial charge in [-0.25, -0.2) is 4.98 Å². The van der Waals surface area contributed by atoms with Crippen molar-refractivity contribution in [3.05, 3.63) is 23.9 Å². The lowest BCUT2D eigenvalue weighted by molar-refractivity contribution is -0.117. The summed E-state index contributed by atoms with van der Waals surface area (Å²) in [6.07, 6.45) is 3.31. The largest absolute Gasteiger partial charge is 0.366 e. The molecule has 5 nitrogen and oxygen atoms in total. The third kappa shape index (κ3) is 2.31. The van der Waals surface area contributed by atoms with Crippen LogP contribution in [0, 0.1) is 5.92 Å². The number of carbonyl (C=O) groups excluding carboxylic acids is 2. The average molecular weight is 205 g/mol. The smallest absolute Gasteiger partial charge is 0.248 e. The van der Waals surface area contributed by atoms with Crippen LogP contribution >= 0.6 is 0 Å². The van der Waals surface area contributed by atoms with E-state index in [1.165, 1.54) is 18.3 Å². The highest BCUT2D eigenvalue weighted by atomic mass is 16.2. The van der Waals surface area contributed by atoms with Gasteiger partial charge in [0.05, 0.1) is 0 Å².